The number of hydrogen-bond acceptors (Lipinski definition) is 7. The predicted octanol–water partition coefficient (Wildman–Crippen LogP) is 2.72. The van der Waals surface area contributed by atoms with E-state index in [4.69, 9.17) is 10.5 Å². The van der Waals surface area contributed by atoms with Crippen LogP contribution in [0.15, 0.2) is 59.8 Å². The maximum Gasteiger partial charge on any atom is 0.261 e. The molecule has 140 valence electrons. The summed E-state index contributed by atoms with van der Waals surface area (Å²) in [6, 6.07) is 11.1. The molecule has 3 aromatic heterocycles. The van der Waals surface area contributed by atoms with Gasteiger partial charge in [-0.25, -0.2) is 15.0 Å². The van der Waals surface area contributed by atoms with Crippen molar-refractivity contribution in [2.45, 2.75) is 0 Å². The van der Waals surface area contributed by atoms with Crippen LogP contribution in [0.4, 0.5) is 17.5 Å². The minimum atomic E-state index is -0.143. The average molecular weight is 374 g/mol. The quantitative estimate of drug-likeness (QED) is 0.565. The molecule has 0 aliphatic heterocycles. The number of ether oxygens (including phenoxy) is 1. The van der Waals surface area contributed by atoms with Gasteiger partial charge in [-0.05, 0) is 29.7 Å². The number of nitrogen functional groups attached to an aromatic ring is 1. The van der Waals surface area contributed by atoms with Gasteiger partial charge in [-0.15, -0.1) is 0 Å². The van der Waals surface area contributed by atoms with Gasteiger partial charge in [0.05, 0.1) is 18.2 Å². The number of benzene rings is 1. The third-order valence-corrected chi connectivity index (χ3v) is 4.36. The van der Waals surface area contributed by atoms with E-state index < -0.39 is 0 Å². The third-order valence-electron chi connectivity index (χ3n) is 4.36. The van der Waals surface area contributed by atoms with E-state index in [2.05, 4.69) is 20.3 Å². The van der Waals surface area contributed by atoms with Gasteiger partial charge in [0.2, 0.25) is 5.95 Å². The summed E-state index contributed by atoms with van der Waals surface area (Å²) in [5.41, 5.74) is 7.52. The highest BCUT2D eigenvalue weighted by Gasteiger charge is 2.13. The van der Waals surface area contributed by atoms with Gasteiger partial charge >= 0.3 is 0 Å². The summed E-state index contributed by atoms with van der Waals surface area (Å²) in [4.78, 5) is 25.5. The van der Waals surface area contributed by atoms with E-state index in [9.17, 15) is 4.79 Å². The van der Waals surface area contributed by atoms with Crippen LogP contribution in [-0.2, 0) is 7.05 Å². The first-order valence-corrected chi connectivity index (χ1v) is 8.54. The average Bonchev–Trinajstić information content (AvgIpc) is 2.71. The van der Waals surface area contributed by atoms with Gasteiger partial charge in [-0.1, -0.05) is 6.07 Å². The molecule has 3 N–H and O–H groups in total. The third kappa shape index (κ3) is 3.23. The number of aryl methyl sites for hydroxylation is 1. The molecule has 8 nitrogen and oxygen atoms in total. The van der Waals surface area contributed by atoms with E-state index in [1.165, 1.54) is 4.57 Å². The summed E-state index contributed by atoms with van der Waals surface area (Å²) in [5, 5.41) is 4.49. The number of methoxy groups -OCH3 is 1. The van der Waals surface area contributed by atoms with Crippen LogP contribution in [0.1, 0.15) is 0 Å². The molecule has 1 aromatic carbocycles. The number of hydrogen-bond donors (Lipinski definition) is 2. The highest BCUT2D eigenvalue weighted by Crippen LogP contribution is 2.28. The molecule has 0 saturated carbocycles. The number of nitrogens with two attached hydrogens (primary N) is 1. The monoisotopic (exact) mass is 374 g/mol. The Hall–Kier alpha value is -3.94. The molecule has 0 saturated heterocycles. The van der Waals surface area contributed by atoms with E-state index in [0.717, 1.165) is 11.1 Å². The van der Waals surface area contributed by atoms with Gasteiger partial charge in [0.1, 0.15) is 11.6 Å². The molecule has 0 aliphatic rings. The fourth-order valence-corrected chi connectivity index (χ4v) is 2.90. The van der Waals surface area contributed by atoms with E-state index >= 15 is 0 Å². The van der Waals surface area contributed by atoms with Gasteiger partial charge in [0.25, 0.3) is 5.56 Å². The summed E-state index contributed by atoms with van der Waals surface area (Å²) in [6.07, 6.45) is 4.93. The number of pyridine rings is 2. The van der Waals surface area contributed by atoms with Crippen molar-refractivity contribution in [2.75, 3.05) is 18.2 Å². The van der Waals surface area contributed by atoms with Gasteiger partial charge < -0.3 is 20.4 Å². The first-order valence-electron chi connectivity index (χ1n) is 8.54. The van der Waals surface area contributed by atoms with Crippen LogP contribution in [0.5, 0.6) is 5.75 Å². The first-order chi connectivity index (χ1) is 13.5. The Balaban J connectivity index is 1.91. The summed E-state index contributed by atoms with van der Waals surface area (Å²) >= 11 is 0. The molecule has 0 radical (unpaired) electrons. The molecule has 0 unspecified atom stereocenters. The zero-order valence-electron chi connectivity index (χ0n) is 15.4. The molecule has 0 spiro atoms. The highest BCUT2D eigenvalue weighted by atomic mass is 16.5. The summed E-state index contributed by atoms with van der Waals surface area (Å²) in [6.45, 7) is 0. The lowest BCUT2D eigenvalue weighted by Crippen LogP contribution is -2.17. The molecule has 0 fully saturated rings. The van der Waals surface area contributed by atoms with Crippen molar-refractivity contribution >= 4 is 28.2 Å². The standard InChI is InChI=1S/C20H18N6O2/c1-26-7-6-12-8-16(13-10-22-20(21)23-11-13)25-18(17(12)19(26)27)24-14-4-3-5-15(9-14)28-2/h3-11H,1-2H3,(H,24,25)(H2,21,22,23). The van der Waals surface area contributed by atoms with Gasteiger partial charge in [0.15, 0.2) is 0 Å². The Morgan fingerprint density at radius 2 is 1.93 bits per heavy atom. The summed E-state index contributed by atoms with van der Waals surface area (Å²) in [7, 11) is 3.31. The minimum Gasteiger partial charge on any atom is -0.497 e. The van der Waals surface area contributed by atoms with E-state index in [1.807, 2.05) is 36.4 Å². The predicted molar refractivity (Wildman–Crippen MR) is 109 cm³/mol. The second kappa shape index (κ2) is 6.99. The van der Waals surface area contributed by atoms with E-state index in [1.54, 1.807) is 32.7 Å². The van der Waals surface area contributed by atoms with Crippen LogP contribution in [-0.4, -0.2) is 26.6 Å². The topological polar surface area (TPSA) is 108 Å². The zero-order valence-corrected chi connectivity index (χ0v) is 15.4. The van der Waals surface area contributed by atoms with Crippen LogP contribution in [0.3, 0.4) is 0 Å². The number of nitrogens with one attached hydrogen (secondary N) is 1. The fraction of sp³-hybridized carbons (Fsp3) is 0.100. The molecule has 0 aliphatic carbocycles. The molecule has 8 heteroatoms. The van der Waals surface area contributed by atoms with Gasteiger partial charge in [-0.3, -0.25) is 4.79 Å². The molecular weight excluding hydrogens is 356 g/mol. The fourth-order valence-electron chi connectivity index (χ4n) is 2.90. The zero-order chi connectivity index (χ0) is 19.7. The number of anilines is 3. The largest absolute Gasteiger partial charge is 0.497 e. The number of fused-ring (bicyclic) bond motifs is 1. The Bertz CT molecular complexity index is 1220. The van der Waals surface area contributed by atoms with Crippen molar-refractivity contribution < 1.29 is 4.74 Å². The maximum absolute atomic E-state index is 12.8. The van der Waals surface area contributed by atoms with Crippen molar-refractivity contribution in [3.8, 4) is 17.0 Å². The van der Waals surface area contributed by atoms with Crippen molar-refractivity contribution in [3.63, 3.8) is 0 Å². The van der Waals surface area contributed by atoms with Crippen LogP contribution in [0.2, 0.25) is 0 Å². The Labute approximate surface area is 160 Å². The second-order valence-electron chi connectivity index (χ2n) is 6.24. The normalized spacial score (nSPS) is 10.8. The molecule has 4 rings (SSSR count). The first kappa shape index (κ1) is 17.5. The van der Waals surface area contributed by atoms with Crippen LogP contribution >= 0.6 is 0 Å². The lowest BCUT2D eigenvalue weighted by Gasteiger charge is -2.13. The number of aromatic nitrogens is 4. The minimum absolute atomic E-state index is 0.143. The van der Waals surface area contributed by atoms with Crippen LogP contribution < -0.4 is 21.3 Å². The van der Waals surface area contributed by atoms with Crippen molar-refractivity contribution in [3.05, 3.63) is 65.3 Å². The molecule has 28 heavy (non-hydrogen) atoms. The molecule has 4 aromatic rings. The SMILES string of the molecule is COc1cccc(Nc2nc(-c3cnc(N)nc3)cc3ccn(C)c(=O)c23)c1. The van der Waals surface area contributed by atoms with Crippen molar-refractivity contribution in [1.29, 1.82) is 0 Å². The number of nitrogens with zero attached hydrogens (tertiary/aromatic N) is 4. The summed E-state index contributed by atoms with van der Waals surface area (Å²) < 4.78 is 6.79. The van der Waals surface area contributed by atoms with E-state index in [-0.39, 0.29) is 11.5 Å². The Morgan fingerprint density at radius 1 is 1.14 bits per heavy atom. The lowest BCUT2D eigenvalue weighted by molar-refractivity contribution is 0.415. The highest BCUT2D eigenvalue weighted by molar-refractivity contribution is 5.95. The van der Waals surface area contributed by atoms with Crippen molar-refractivity contribution in [1.82, 2.24) is 19.5 Å². The maximum atomic E-state index is 12.8. The van der Waals surface area contributed by atoms with Crippen LogP contribution in [0.25, 0.3) is 22.0 Å². The summed E-state index contributed by atoms with van der Waals surface area (Å²) in [5.74, 6) is 1.33. The smallest absolute Gasteiger partial charge is 0.261 e. The van der Waals surface area contributed by atoms with Gasteiger partial charge in [0, 0.05) is 43.0 Å². The molecule has 3 heterocycles. The Morgan fingerprint density at radius 3 is 2.68 bits per heavy atom. The van der Waals surface area contributed by atoms with Crippen LogP contribution in [0, 0.1) is 0 Å². The number of rotatable bonds is 4. The molecule has 0 amide bonds. The molecular formula is C20H18N6O2. The molecule has 0 bridgehead atoms. The molecule has 0 atom stereocenters. The van der Waals surface area contributed by atoms with Gasteiger partial charge in [-0.2, -0.15) is 0 Å². The second-order valence-corrected chi connectivity index (χ2v) is 6.24. The van der Waals surface area contributed by atoms with E-state index in [0.29, 0.717) is 28.2 Å². The lowest BCUT2D eigenvalue weighted by atomic mass is 10.1. The Kier molecular flexibility index (Phi) is 4.36. The van der Waals surface area contributed by atoms with Crippen molar-refractivity contribution in [2.24, 2.45) is 7.05 Å².